The standard InChI is InChI=1S/C11H15N3O4S/c1-8-7-19(17,18)3-2-13(8)10-4-9(12)5-11(6-10)14(15)16/h4-6,8H,2-3,7,12H2,1H3. The summed E-state index contributed by atoms with van der Waals surface area (Å²) in [4.78, 5) is 12.1. The average molecular weight is 285 g/mol. The predicted molar refractivity (Wildman–Crippen MR) is 73.0 cm³/mol. The van der Waals surface area contributed by atoms with Gasteiger partial charge in [-0.2, -0.15) is 0 Å². The van der Waals surface area contributed by atoms with E-state index >= 15 is 0 Å². The maximum atomic E-state index is 11.5. The molecule has 0 aliphatic carbocycles. The van der Waals surface area contributed by atoms with Crippen LogP contribution in [0.1, 0.15) is 6.92 Å². The van der Waals surface area contributed by atoms with Crippen LogP contribution in [0, 0.1) is 10.1 Å². The summed E-state index contributed by atoms with van der Waals surface area (Å²) in [5, 5.41) is 10.8. The SMILES string of the molecule is CC1CS(=O)(=O)CCN1c1cc(N)cc([N+](=O)[O-])c1. The Morgan fingerprint density at radius 1 is 1.42 bits per heavy atom. The first-order valence-corrected chi connectivity index (χ1v) is 7.63. The number of benzene rings is 1. The molecule has 1 unspecified atom stereocenters. The highest BCUT2D eigenvalue weighted by molar-refractivity contribution is 7.91. The molecule has 0 spiro atoms. The van der Waals surface area contributed by atoms with Crippen molar-refractivity contribution < 1.29 is 13.3 Å². The van der Waals surface area contributed by atoms with E-state index in [9.17, 15) is 18.5 Å². The fourth-order valence-electron chi connectivity index (χ4n) is 2.27. The van der Waals surface area contributed by atoms with Gasteiger partial charge in [-0.15, -0.1) is 0 Å². The van der Waals surface area contributed by atoms with Gasteiger partial charge >= 0.3 is 0 Å². The summed E-state index contributed by atoms with van der Waals surface area (Å²) in [6.07, 6.45) is 0. The monoisotopic (exact) mass is 285 g/mol. The van der Waals surface area contributed by atoms with Crippen molar-refractivity contribution in [2.75, 3.05) is 28.7 Å². The number of anilines is 2. The molecule has 1 aliphatic heterocycles. The topological polar surface area (TPSA) is 107 Å². The van der Waals surface area contributed by atoms with E-state index in [0.717, 1.165) is 0 Å². The highest BCUT2D eigenvalue weighted by Crippen LogP contribution is 2.28. The number of non-ortho nitro benzene ring substituents is 1. The van der Waals surface area contributed by atoms with Gasteiger partial charge in [-0.25, -0.2) is 8.42 Å². The number of nitro groups is 1. The van der Waals surface area contributed by atoms with Gasteiger partial charge in [-0.05, 0) is 13.0 Å². The van der Waals surface area contributed by atoms with Crippen molar-refractivity contribution in [2.45, 2.75) is 13.0 Å². The lowest BCUT2D eigenvalue weighted by molar-refractivity contribution is -0.384. The third-order valence-electron chi connectivity index (χ3n) is 3.14. The number of hydrogen-bond acceptors (Lipinski definition) is 6. The highest BCUT2D eigenvalue weighted by atomic mass is 32.2. The molecule has 1 aliphatic rings. The number of rotatable bonds is 2. The second-order valence-electron chi connectivity index (χ2n) is 4.70. The third-order valence-corrected chi connectivity index (χ3v) is 4.93. The second kappa shape index (κ2) is 4.69. The Hall–Kier alpha value is -1.83. The van der Waals surface area contributed by atoms with Gasteiger partial charge in [0.2, 0.25) is 0 Å². The molecule has 7 nitrogen and oxygen atoms in total. The first-order chi connectivity index (χ1) is 8.78. The molecule has 1 aromatic rings. The molecule has 1 heterocycles. The van der Waals surface area contributed by atoms with E-state index in [1.807, 2.05) is 4.90 Å². The third kappa shape index (κ3) is 2.95. The molecule has 104 valence electrons. The first kappa shape index (κ1) is 13.6. The molecule has 0 bridgehead atoms. The van der Waals surface area contributed by atoms with Gasteiger partial charge in [0, 0.05) is 36.1 Å². The van der Waals surface area contributed by atoms with E-state index in [2.05, 4.69) is 0 Å². The maximum absolute atomic E-state index is 11.5. The lowest BCUT2D eigenvalue weighted by Gasteiger charge is -2.35. The summed E-state index contributed by atoms with van der Waals surface area (Å²) in [5.74, 6) is 0.107. The first-order valence-electron chi connectivity index (χ1n) is 5.80. The van der Waals surface area contributed by atoms with Gasteiger partial charge < -0.3 is 10.6 Å². The number of nitrogens with zero attached hydrogens (tertiary/aromatic N) is 2. The molecule has 2 rings (SSSR count). The minimum Gasteiger partial charge on any atom is -0.398 e. The molecule has 0 radical (unpaired) electrons. The van der Waals surface area contributed by atoms with Crippen LogP contribution in [-0.4, -0.2) is 37.4 Å². The van der Waals surface area contributed by atoms with Crippen molar-refractivity contribution >= 4 is 26.9 Å². The van der Waals surface area contributed by atoms with Crippen LogP contribution < -0.4 is 10.6 Å². The van der Waals surface area contributed by atoms with Crippen LogP contribution in [0.15, 0.2) is 18.2 Å². The van der Waals surface area contributed by atoms with Crippen molar-refractivity contribution in [3.63, 3.8) is 0 Å². The van der Waals surface area contributed by atoms with E-state index < -0.39 is 14.8 Å². The number of sulfone groups is 1. The van der Waals surface area contributed by atoms with Gasteiger partial charge in [0.15, 0.2) is 9.84 Å². The van der Waals surface area contributed by atoms with Gasteiger partial charge in [0.25, 0.3) is 5.69 Å². The molecule has 8 heteroatoms. The van der Waals surface area contributed by atoms with Crippen molar-refractivity contribution in [3.8, 4) is 0 Å². The van der Waals surface area contributed by atoms with E-state index in [0.29, 0.717) is 17.9 Å². The second-order valence-corrected chi connectivity index (χ2v) is 6.93. The molecule has 0 aromatic heterocycles. The van der Waals surface area contributed by atoms with Crippen LogP contribution in [0.5, 0.6) is 0 Å². The summed E-state index contributed by atoms with van der Waals surface area (Å²) in [5.41, 5.74) is 6.45. The minimum absolute atomic E-state index is 0.0512. The minimum atomic E-state index is -3.02. The number of nitrogens with two attached hydrogens (primary N) is 1. The Morgan fingerprint density at radius 3 is 2.68 bits per heavy atom. The smallest absolute Gasteiger partial charge is 0.273 e. The fourth-order valence-corrected chi connectivity index (χ4v) is 3.83. The van der Waals surface area contributed by atoms with Crippen molar-refractivity contribution in [1.82, 2.24) is 0 Å². The Balaban J connectivity index is 2.34. The summed E-state index contributed by atoms with van der Waals surface area (Å²) in [6.45, 7) is 2.11. The molecule has 0 amide bonds. The Morgan fingerprint density at radius 2 is 2.11 bits per heavy atom. The molecule has 1 fully saturated rings. The van der Waals surface area contributed by atoms with Gasteiger partial charge in [-0.1, -0.05) is 0 Å². The van der Waals surface area contributed by atoms with Gasteiger partial charge in [0.05, 0.1) is 16.4 Å². The fraction of sp³-hybridized carbons (Fsp3) is 0.455. The van der Waals surface area contributed by atoms with Crippen LogP contribution >= 0.6 is 0 Å². The Kier molecular flexibility index (Phi) is 3.36. The van der Waals surface area contributed by atoms with Crippen molar-refractivity contribution in [1.29, 1.82) is 0 Å². The van der Waals surface area contributed by atoms with Crippen LogP contribution in [0.3, 0.4) is 0 Å². The lowest BCUT2D eigenvalue weighted by atomic mass is 10.2. The molecule has 19 heavy (non-hydrogen) atoms. The molecule has 1 aromatic carbocycles. The maximum Gasteiger partial charge on any atom is 0.273 e. The van der Waals surface area contributed by atoms with Crippen LogP contribution in [-0.2, 0) is 9.84 Å². The summed E-state index contributed by atoms with van der Waals surface area (Å²) >= 11 is 0. The van der Waals surface area contributed by atoms with E-state index in [4.69, 9.17) is 5.73 Å². The number of nitrogen functional groups attached to an aromatic ring is 1. The molecule has 0 saturated carbocycles. The normalized spacial score (nSPS) is 22.2. The highest BCUT2D eigenvalue weighted by Gasteiger charge is 2.29. The average Bonchev–Trinajstić information content (AvgIpc) is 2.26. The van der Waals surface area contributed by atoms with Crippen LogP contribution in [0.25, 0.3) is 0 Å². The molecule has 2 N–H and O–H groups in total. The van der Waals surface area contributed by atoms with E-state index in [-0.39, 0.29) is 23.2 Å². The lowest BCUT2D eigenvalue weighted by Crippen LogP contribution is -2.47. The van der Waals surface area contributed by atoms with Crippen LogP contribution in [0.4, 0.5) is 17.1 Å². The predicted octanol–water partition coefficient (Wildman–Crippen LogP) is 0.800. The summed E-state index contributed by atoms with van der Waals surface area (Å²) in [6, 6.07) is 4.11. The molecular weight excluding hydrogens is 270 g/mol. The molecule has 1 saturated heterocycles. The molecule has 1 atom stereocenters. The van der Waals surface area contributed by atoms with Crippen molar-refractivity contribution in [2.24, 2.45) is 0 Å². The van der Waals surface area contributed by atoms with Crippen molar-refractivity contribution in [3.05, 3.63) is 28.3 Å². The zero-order chi connectivity index (χ0) is 14.2. The summed E-state index contributed by atoms with van der Waals surface area (Å²) in [7, 11) is -3.02. The van der Waals surface area contributed by atoms with E-state index in [1.54, 1.807) is 13.0 Å². The Labute approximate surface area is 111 Å². The quantitative estimate of drug-likeness (QED) is 0.489. The van der Waals surface area contributed by atoms with E-state index in [1.165, 1.54) is 12.1 Å². The van der Waals surface area contributed by atoms with Crippen LogP contribution in [0.2, 0.25) is 0 Å². The summed E-state index contributed by atoms with van der Waals surface area (Å²) < 4.78 is 23.0. The Bertz CT molecular complexity index is 614. The van der Waals surface area contributed by atoms with Gasteiger partial charge in [-0.3, -0.25) is 10.1 Å². The zero-order valence-corrected chi connectivity index (χ0v) is 11.3. The van der Waals surface area contributed by atoms with Gasteiger partial charge in [0.1, 0.15) is 0 Å². The number of nitro benzene ring substituents is 1. The number of hydrogen-bond donors (Lipinski definition) is 1. The molecular formula is C11H15N3O4S. The zero-order valence-electron chi connectivity index (χ0n) is 10.4. The largest absolute Gasteiger partial charge is 0.398 e.